The summed E-state index contributed by atoms with van der Waals surface area (Å²) in [4.78, 5) is 11.1. The largest absolute Gasteiger partial charge is 0.481 e. The Morgan fingerprint density at radius 1 is 1.44 bits per heavy atom. The fraction of sp³-hybridized carbons (Fsp3) is 0.364. The number of hydrogen-bond donors (Lipinski definition) is 1. The average Bonchev–Trinajstić information content (AvgIpc) is 2.97. The molecule has 0 radical (unpaired) electrons. The molecule has 1 aliphatic rings. The quantitative estimate of drug-likeness (QED) is 0.850. The number of aliphatic carboxylic acids is 1. The minimum absolute atomic E-state index is 0.105. The molecule has 0 aliphatic heterocycles. The highest BCUT2D eigenvalue weighted by molar-refractivity contribution is 9.10. The van der Waals surface area contributed by atoms with Crippen molar-refractivity contribution < 1.29 is 18.7 Å². The predicted molar refractivity (Wildman–Crippen MR) is 57.3 cm³/mol. The molecule has 1 aromatic rings. The van der Waals surface area contributed by atoms with Crippen molar-refractivity contribution in [2.24, 2.45) is 0 Å². The number of carbonyl (C=O) groups is 1. The van der Waals surface area contributed by atoms with Gasteiger partial charge < -0.3 is 5.11 Å². The Hall–Kier alpha value is -0.970. The highest BCUT2D eigenvalue weighted by Crippen LogP contribution is 2.51. The van der Waals surface area contributed by atoms with Gasteiger partial charge in [0.05, 0.1) is 9.89 Å². The van der Waals surface area contributed by atoms with Gasteiger partial charge in [0.15, 0.2) is 0 Å². The first kappa shape index (κ1) is 11.5. The second-order valence-corrected chi connectivity index (χ2v) is 4.92. The lowest BCUT2D eigenvalue weighted by Gasteiger charge is -2.15. The number of rotatable bonds is 2. The van der Waals surface area contributed by atoms with Gasteiger partial charge in [-0.15, -0.1) is 0 Å². The van der Waals surface area contributed by atoms with Gasteiger partial charge in [-0.05, 0) is 47.3 Å². The van der Waals surface area contributed by atoms with Crippen LogP contribution in [0.1, 0.15) is 24.0 Å². The third-order valence-electron chi connectivity index (χ3n) is 2.98. The van der Waals surface area contributed by atoms with Crippen LogP contribution in [-0.2, 0) is 10.2 Å². The first-order valence-electron chi connectivity index (χ1n) is 4.78. The summed E-state index contributed by atoms with van der Waals surface area (Å²) in [5.74, 6) is -2.72. The molecule has 5 heteroatoms. The maximum Gasteiger partial charge on any atom is 0.314 e. The summed E-state index contributed by atoms with van der Waals surface area (Å²) in [5, 5.41) is 9.04. The van der Waals surface area contributed by atoms with Gasteiger partial charge in [0.2, 0.25) is 0 Å². The van der Waals surface area contributed by atoms with E-state index in [4.69, 9.17) is 5.11 Å². The Morgan fingerprint density at radius 2 is 2.00 bits per heavy atom. The molecule has 2 nitrogen and oxygen atoms in total. The minimum Gasteiger partial charge on any atom is -0.481 e. The summed E-state index contributed by atoms with van der Waals surface area (Å²) in [6.45, 7) is 1.49. The molecule has 0 unspecified atom stereocenters. The van der Waals surface area contributed by atoms with Crippen molar-refractivity contribution in [3.8, 4) is 0 Å². The number of carboxylic acid groups (broad SMARTS) is 1. The van der Waals surface area contributed by atoms with Crippen LogP contribution in [-0.4, -0.2) is 11.1 Å². The van der Waals surface area contributed by atoms with Crippen LogP contribution in [0, 0.1) is 18.6 Å². The van der Waals surface area contributed by atoms with Gasteiger partial charge in [-0.2, -0.15) is 0 Å². The zero-order chi connectivity index (χ0) is 12.1. The Balaban J connectivity index is 2.70. The first-order valence-corrected chi connectivity index (χ1v) is 5.57. The molecule has 0 spiro atoms. The molecule has 0 amide bonds. The number of aryl methyl sites for hydroxylation is 1. The highest BCUT2D eigenvalue weighted by Gasteiger charge is 2.55. The molecule has 0 heterocycles. The molecular weight excluding hydrogens is 282 g/mol. The Kier molecular flexibility index (Phi) is 2.53. The lowest BCUT2D eigenvalue weighted by molar-refractivity contribution is -0.140. The zero-order valence-electron chi connectivity index (χ0n) is 8.48. The van der Waals surface area contributed by atoms with Gasteiger partial charge in [0.1, 0.15) is 11.6 Å². The van der Waals surface area contributed by atoms with Crippen molar-refractivity contribution in [3.63, 3.8) is 0 Å². The van der Waals surface area contributed by atoms with E-state index < -0.39 is 23.0 Å². The molecule has 1 fully saturated rings. The fourth-order valence-corrected chi connectivity index (χ4v) is 2.39. The normalized spacial score (nSPS) is 17.2. The van der Waals surface area contributed by atoms with Crippen LogP contribution in [0.4, 0.5) is 8.78 Å². The van der Waals surface area contributed by atoms with E-state index in [1.807, 2.05) is 0 Å². The molecular formula is C11H9BrF2O2. The first-order chi connectivity index (χ1) is 7.40. The zero-order valence-corrected chi connectivity index (χ0v) is 10.1. The lowest BCUT2D eigenvalue weighted by atomic mass is 9.93. The van der Waals surface area contributed by atoms with Crippen molar-refractivity contribution >= 4 is 21.9 Å². The van der Waals surface area contributed by atoms with E-state index in [0.717, 1.165) is 0 Å². The van der Waals surface area contributed by atoms with Crippen molar-refractivity contribution in [3.05, 3.63) is 33.3 Å². The third kappa shape index (κ3) is 1.45. The Bertz CT molecular complexity index is 455. The molecule has 1 N–H and O–H groups in total. The van der Waals surface area contributed by atoms with Gasteiger partial charge in [0, 0.05) is 5.56 Å². The van der Waals surface area contributed by atoms with Crippen molar-refractivity contribution in [2.75, 3.05) is 0 Å². The summed E-state index contributed by atoms with van der Waals surface area (Å²) in [7, 11) is 0. The van der Waals surface area contributed by atoms with E-state index in [1.165, 1.54) is 13.0 Å². The van der Waals surface area contributed by atoms with Gasteiger partial charge >= 0.3 is 5.97 Å². The number of hydrogen-bond acceptors (Lipinski definition) is 1. The van der Waals surface area contributed by atoms with E-state index in [0.29, 0.717) is 0 Å². The van der Waals surface area contributed by atoms with Crippen LogP contribution < -0.4 is 0 Å². The van der Waals surface area contributed by atoms with Gasteiger partial charge in [0.25, 0.3) is 0 Å². The molecule has 1 saturated carbocycles. The summed E-state index contributed by atoms with van der Waals surface area (Å²) in [5.41, 5.74) is -1.43. The predicted octanol–water partition coefficient (Wildman–Crippen LogP) is 3.15. The molecule has 1 aliphatic carbocycles. The summed E-state index contributed by atoms with van der Waals surface area (Å²) < 4.78 is 27.7. The number of halogens is 3. The second kappa shape index (κ2) is 3.52. The molecule has 0 bridgehead atoms. The van der Waals surface area contributed by atoms with Gasteiger partial charge in [-0.25, -0.2) is 8.78 Å². The monoisotopic (exact) mass is 290 g/mol. The topological polar surface area (TPSA) is 37.3 Å². The Morgan fingerprint density at radius 3 is 2.44 bits per heavy atom. The van der Waals surface area contributed by atoms with Crippen molar-refractivity contribution in [1.29, 1.82) is 0 Å². The minimum atomic E-state index is -1.36. The maximum atomic E-state index is 13.8. The number of carboxylic acids is 1. The van der Waals surface area contributed by atoms with E-state index in [9.17, 15) is 13.6 Å². The standard InChI is InChI=1S/C11H9BrF2O2/c1-5-4-6(12)9(14)7(8(5)13)11(2-3-11)10(15)16/h4H,2-3H2,1H3,(H,15,16). The summed E-state index contributed by atoms with van der Waals surface area (Å²) >= 11 is 2.97. The van der Waals surface area contributed by atoms with Crippen LogP contribution >= 0.6 is 15.9 Å². The molecule has 0 saturated heterocycles. The van der Waals surface area contributed by atoms with Crippen LogP contribution in [0.3, 0.4) is 0 Å². The van der Waals surface area contributed by atoms with Gasteiger partial charge in [-0.1, -0.05) is 0 Å². The van der Waals surface area contributed by atoms with E-state index in [-0.39, 0.29) is 28.4 Å². The Labute approximate surface area is 99.4 Å². The average molecular weight is 291 g/mol. The van der Waals surface area contributed by atoms with Crippen LogP contribution in [0.25, 0.3) is 0 Å². The molecule has 2 rings (SSSR count). The second-order valence-electron chi connectivity index (χ2n) is 4.07. The summed E-state index contributed by atoms with van der Waals surface area (Å²) in [6.07, 6.45) is 0.568. The molecule has 1 aromatic carbocycles. The van der Waals surface area contributed by atoms with E-state index in [2.05, 4.69) is 15.9 Å². The van der Waals surface area contributed by atoms with Crippen LogP contribution in [0.5, 0.6) is 0 Å². The molecule has 16 heavy (non-hydrogen) atoms. The molecule has 86 valence electrons. The third-order valence-corrected chi connectivity index (χ3v) is 3.55. The maximum absolute atomic E-state index is 13.8. The smallest absolute Gasteiger partial charge is 0.314 e. The molecule has 0 atom stereocenters. The van der Waals surface area contributed by atoms with Gasteiger partial charge in [-0.3, -0.25) is 4.79 Å². The number of benzene rings is 1. The van der Waals surface area contributed by atoms with E-state index >= 15 is 0 Å². The van der Waals surface area contributed by atoms with Crippen molar-refractivity contribution in [2.45, 2.75) is 25.2 Å². The van der Waals surface area contributed by atoms with Crippen LogP contribution in [0.15, 0.2) is 10.5 Å². The summed E-state index contributed by atoms with van der Waals surface area (Å²) in [6, 6.07) is 1.31. The molecule has 0 aromatic heterocycles. The van der Waals surface area contributed by atoms with Crippen molar-refractivity contribution in [1.82, 2.24) is 0 Å². The fourth-order valence-electron chi connectivity index (χ4n) is 1.85. The highest BCUT2D eigenvalue weighted by atomic mass is 79.9. The lowest BCUT2D eigenvalue weighted by Crippen LogP contribution is -2.23. The van der Waals surface area contributed by atoms with Crippen LogP contribution in [0.2, 0.25) is 0 Å². The SMILES string of the molecule is Cc1cc(Br)c(F)c(C2(C(=O)O)CC2)c1F. The van der Waals surface area contributed by atoms with E-state index in [1.54, 1.807) is 0 Å².